The molecule has 122 valence electrons. The Morgan fingerprint density at radius 1 is 1.17 bits per heavy atom. The number of carbonyl (C=O) groups excluding carboxylic acids is 1. The van der Waals surface area contributed by atoms with E-state index in [0.717, 1.165) is 22.8 Å². The van der Waals surface area contributed by atoms with Gasteiger partial charge in [-0.15, -0.1) is 0 Å². The highest BCUT2D eigenvalue weighted by Gasteiger charge is 2.16. The lowest BCUT2D eigenvalue weighted by Gasteiger charge is -2.06. The number of hydrogen-bond donors (Lipinski definition) is 0. The summed E-state index contributed by atoms with van der Waals surface area (Å²) in [6.45, 7) is 3.82. The van der Waals surface area contributed by atoms with E-state index in [-0.39, 0.29) is 12.2 Å². The molecule has 0 atom stereocenters. The number of hydrogen-bond acceptors (Lipinski definition) is 5. The van der Waals surface area contributed by atoms with Crippen LogP contribution in [-0.2, 0) is 17.6 Å². The highest BCUT2D eigenvalue weighted by molar-refractivity contribution is 6.29. The van der Waals surface area contributed by atoms with E-state index in [1.807, 2.05) is 18.4 Å². The molecular weight excluding hydrogens is 326 g/mol. The van der Waals surface area contributed by atoms with E-state index in [1.54, 1.807) is 36.9 Å². The molecule has 24 heavy (non-hydrogen) atoms. The first-order valence-electron chi connectivity index (χ1n) is 7.48. The van der Waals surface area contributed by atoms with Gasteiger partial charge in [0.2, 0.25) is 0 Å². The van der Waals surface area contributed by atoms with Crippen molar-refractivity contribution >= 4 is 17.4 Å². The maximum absolute atomic E-state index is 12.4. The van der Waals surface area contributed by atoms with Gasteiger partial charge in [-0.05, 0) is 31.5 Å². The Morgan fingerprint density at radius 2 is 2.00 bits per heavy atom. The summed E-state index contributed by atoms with van der Waals surface area (Å²) in [7, 11) is 0. The summed E-state index contributed by atoms with van der Waals surface area (Å²) in [6.07, 6.45) is 7.09. The Bertz CT molecular complexity index is 876. The SMILES string of the molecule is Cc1nc(CC(=O)Cc2ccnc(Cl)c2)c(C)n1-c1cnccn1. The number of halogens is 1. The largest absolute Gasteiger partial charge is 0.299 e. The van der Waals surface area contributed by atoms with Gasteiger partial charge in [-0.1, -0.05) is 11.6 Å². The molecule has 0 amide bonds. The highest BCUT2D eigenvalue weighted by atomic mass is 35.5. The zero-order valence-electron chi connectivity index (χ0n) is 13.4. The molecule has 6 nitrogen and oxygen atoms in total. The molecule has 3 heterocycles. The van der Waals surface area contributed by atoms with E-state index in [0.29, 0.717) is 17.4 Å². The fourth-order valence-corrected chi connectivity index (χ4v) is 2.84. The van der Waals surface area contributed by atoms with E-state index in [9.17, 15) is 4.79 Å². The van der Waals surface area contributed by atoms with Crippen LogP contribution in [-0.4, -0.2) is 30.3 Å². The number of aryl methyl sites for hydroxylation is 1. The van der Waals surface area contributed by atoms with Crippen LogP contribution in [0.25, 0.3) is 5.82 Å². The molecule has 0 aliphatic rings. The van der Waals surface area contributed by atoms with Crippen LogP contribution in [0.15, 0.2) is 36.9 Å². The third-order valence-corrected chi connectivity index (χ3v) is 3.92. The van der Waals surface area contributed by atoms with Gasteiger partial charge in [-0.25, -0.2) is 15.0 Å². The van der Waals surface area contributed by atoms with Crippen molar-refractivity contribution in [2.24, 2.45) is 0 Å². The number of rotatable bonds is 5. The van der Waals surface area contributed by atoms with Gasteiger partial charge < -0.3 is 0 Å². The van der Waals surface area contributed by atoms with Gasteiger partial charge in [0.25, 0.3) is 0 Å². The van der Waals surface area contributed by atoms with Crippen LogP contribution in [0.4, 0.5) is 0 Å². The first-order chi connectivity index (χ1) is 11.5. The lowest BCUT2D eigenvalue weighted by atomic mass is 10.1. The summed E-state index contributed by atoms with van der Waals surface area (Å²) < 4.78 is 1.90. The average molecular weight is 342 g/mol. The zero-order valence-corrected chi connectivity index (χ0v) is 14.2. The Balaban J connectivity index is 1.80. The van der Waals surface area contributed by atoms with Gasteiger partial charge in [-0.3, -0.25) is 14.3 Å². The maximum atomic E-state index is 12.4. The first kappa shape index (κ1) is 16.3. The molecule has 0 aliphatic carbocycles. The number of Topliss-reactive ketones (excluding diaryl/α,β-unsaturated/α-hetero) is 1. The fourth-order valence-electron chi connectivity index (χ4n) is 2.64. The molecule has 0 saturated heterocycles. The minimum absolute atomic E-state index is 0.0733. The molecule has 7 heteroatoms. The van der Waals surface area contributed by atoms with Gasteiger partial charge in [0.1, 0.15) is 16.8 Å². The fraction of sp³-hybridized carbons (Fsp3) is 0.235. The van der Waals surface area contributed by atoms with Crippen LogP contribution in [0.1, 0.15) is 22.8 Å². The third-order valence-electron chi connectivity index (χ3n) is 3.71. The summed E-state index contributed by atoms with van der Waals surface area (Å²) in [5.41, 5.74) is 2.50. The Kier molecular flexibility index (Phi) is 4.66. The molecule has 0 bridgehead atoms. The molecule has 0 saturated carbocycles. The standard InChI is InChI=1S/C17H16ClN5O/c1-11-15(9-14(24)7-13-3-4-20-16(18)8-13)22-12(2)23(11)17-10-19-5-6-21-17/h3-6,8,10H,7,9H2,1-2H3. The minimum atomic E-state index is 0.0733. The van der Waals surface area contributed by atoms with Crippen molar-refractivity contribution < 1.29 is 4.79 Å². The summed E-state index contributed by atoms with van der Waals surface area (Å²) >= 11 is 5.85. The van der Waals surface area contributed by atoms with Crippen LogP contribution < -0.4 is 0 Å². The zero-order chi connectivity index (χ0) is 17.1. The average Bonchev–Trinajstić information content (AvgIpc) is 2.82. The normalized spacial score (nSPS) is 10.8. The third kappa shape index (κ3) is 3.49. The van der Waals surface area contributed by atoms with Crippen molar-refractivity contribution in [3.63, 3.8) is 0 Å². The van der Waals surface area contributed by atoms with Crippen molar-refractivity contribution in [2.45, 2.75) is 26.7 Å². The summed E-state index contributed by atoms with van der Waals surface area (Å²) in [5, 5.41) is 0.388. The second-order valence-corrected chi connectivity index (χ2v) is 5.86. The van der Waals surface area contributed by atoms with Crippen LogP contribution in [0.3, 0.4) is 0 Å². The molecule has 0 fully saturated rings. The van der Waals surface area contributed by atoms with Crippen molar-refractivity contribution in [1.29, 1.82) is 0 Å². The summed E-state index contributed by atoms with van der Waals surface area (Å²) in [5.74, 6) is 1.55. The second kappa shape index (κ2) is 6.88. The van der Waals surface area contributed by atoms with Gasteiger partial charge in [0, 0.05) is 30.7 Å². The molecular formula is C17H16ClN5O. The van der Waals surface area contributed by atoms with Crippen molar-refractivity contribution in [1.82, 2.24) is 24.5 Å². The van der Waals surface area contributed by atoms with E-state index < -0.39 is 0 Å². The topological polar surface area (TPSA) is 73.6 Å². The number of pyridine rings is 1. The predicted octanol–water partition coefficient (Wildman–Crippen LogP) is 2.68. The molecule has 0 aliphatic heterocycles. The van der Waals surface area contributed by atoms with E-state index in [4.69, 9.17) is 11.6 Å². The molecule has 0 spiro atoms. The first-order valence-corrected chi connectivity index (χ1v) is 7.85. The molecule has 0 aromatic carbocycles. The molecule has 3 aromatic rings. The van der Waals surface area contributed by atoms with Crippen LogP contribution in [0.5, 0.6) is 0 Å². The Hall–Kier alpha value is -2.60. The Labute approximate surface area is 144 Å². The summed E-state index contributed by atoms with van der Waals surface area (Å²) in [4.78, 5) is 29.2. The molecule has 3 rings (SSSR count). The number of aromatic nitrogens is 5. The number of nitrogens with zero attached hydrogens (tertiary/aromatic N) is 5. The van der Waals surface area contributed by atoms with Crippen LogP contribution in [0.2, 0.25) is 5.15 Å². The lowest BCUT2D eigenvalue weighted by molar-refractivity contribution is -0.117. The number of ketones is 1. The van der Waals surface area contributed by atoms with Crippen molar-refractivity contribution in [2.75, 3.05) is 0 Å². The monoisotopic (exact) mass is 341 g/mol. The Morgan fingerprint density at radius 3 is 2.71 bits per heavy atom. The maximum Gasteiger partial charge on any atom is 0.156 e. The van der Waals surface area contributed by atoms with E-state index in [2.05, 4.69) is 19.9 Å². The van der Waals surface area contributed by atoms with Crippen molar-refractivity contribution in [3.8, 4) is 5.82 Å². The lowest BCUT2D eigenvalue weighted by Crippen LogP contribution is -2.09. The molecule has 0 radical (unpaired) electrons. The molecule has 0 unspecified atom stereocenters. The predicted molar refractivity (Wildman–Crippen MR) is 90.3 cm³/mol. The molecule has 3 aromatic heterocycles. The number of imidazole rings is 1. The van der Waals surface area contributed by atoms with Gasteiger partial charge >= 0.3 is 0 Å². The van der Waals surface area contributed by atoms with E-state index >= 15 is 0 Å². The minimum Gasteiger partial charge on any atom is -0.299 e. The van der Waals surface area contributed by atoms with Crippen LogP contribution in [0, 0.1) is 13.8 Å². The van der Waals surface area contributed by atoms with Gasteiger partial charge in [0.15, 0.2) is 5.82 Å². The van der Waals surface area contributed by atoms with Gasteiger partial charge in [0.05, 0.1) is 18.3 Å². The smallest absolute Gasteiger partial charge is 0.156 e. The van der Waals surface area contributed by atoms with Crippen molar-refractivity contribution in [3.05, 3.63) is 64.8 Å². The number of carbonyl (C=O) groups is 1. The van der Waals surface area contributed by atoms with E-state index in [1.165, 1.54) is 0 Å². The van der Waals surface area contributed by atoms with Gasteiger partial charge in [-0.2, -0.15) is 0 Å². The summed E-state index contributed by atoms with van der Waals surface area (Å²) in [6, 6.07) is 3.50. The highest BCUT2D eigenvalue weighted by Crippen LogP contribution is 2.17. The van der Waals surface area contributed by atoms with Crippen LogP contribution >= 0.6 is 11.6 Å². The quantitative estimate of drug-likeness (QED) is 0.667. The second-order valence-electron chi connectivity index (χ2n) is 5.47. The molecule has 0 N–H and O–H groups in total.